The van der Waals surface area contributed by atoms with Gasteiger partial charge in [-0.05, 0) is 37.1 Å². The van der Waals surface area contributed by atoms with E-state index in [1.165, 1.54) is 18.2 Å². The number of hydrogen-bond donors (Lipinski definition) is 2. The SMILES string of the molecule is Cc1ccc([N+](=O)[O-])cc1NC(=O)C(=O)Nc1cccc(N2CCCC2=O)c1. The Kier molecular flexibility index (Phi) is 5.35. The molecule has 0 saturated carbocycles. The Hall–Kier alpha value is -3.75. The van der Waals surface area contributed by atoms with Crippen molar-refractivity contribution in [2.75, 3.05) is 22.1 Å². The molecule has 0 atom stereocenters. The minimum atomic E-state index is -0.953. The summed E-state index contributed by atoms with van der Waals surface area (Å²) in [6.07, 6.45) is 1.27. The molecular formula is C19H18N4O5. The van der Waals surface area contributed by atoms with E-state index in [9.17, 15) is 24.5 Å². The van der Waals surface area contributed by atoms with Crippen LogP contribution in [0.4, 0.5) is 22.7 Å². The average Bonchev–Trinajstić information content (AvgIpc) is 3.09. The van der Waals surface area contributed by atoms with E-state index in [2.05, 4.69) is 10.6 Å². The maximum absolute atomic E-state index is 12.2. The summed E-state index contributed by atoms with van der Waals surface area (Å²) in [5.41, 5.74) is 1.60. The highest BCUT2D eigenvalue weighted by molar-refractivity contribution is 6.43. The largest absolute Gasteiger partial charge is 0.318 e. The van der Waals surface area contributed by atoms with Crippen LogP contribution in [0.15, 0.2) is 42.5 Å². The Morgan fingerprint density at radius 3 is 2.54 bits per heavy atom. The Morgan fingerprint density at radius 1 is 1.11 bits per heavy atom. The van der Waals surface area contributed by atoms with Gasteiger partial charge in [-0.15, -0.1) is 0 Å². The molecule has 3 rings (SSSR count). The monoisotopic (exact) mass is 382 g/mol. The molecule has 1 aliphatic heterocycles. The van der Waals surface area contributed by atoms with Crippen molar-refractivity contribution in [2.45, 2.75) is 19.8 Å². The number of carbonyl (C=O) groups is 3. The van der Waals surface area contributed by atoms with Crippen LogP contribution in [0.1, 0.15) is 18.4 Å². The highest BCUT2D eigenvalue weighted by atomic mass is 16.6. The predicted molar refractivity (Wildman–Crippen MR) is 103 cm³/mol. The molecule has 0 aliphatic carbocycles. The van der Waals surface area contributed by atoms with Crippen molar-refractivity contribution in [2.24, 2.45) is 0 Å². The summed E-state index contributed by atoms with van der Waals surface area (Å²) >= 11 is 0. The number of hydrogen-bond acceptors (Lipinski definition) is 5. The van der Waals surface area contributed by atoms with Crippen LogP contribution in [0, 0.1) is 17.0 Å². The maximum atomic E-state index is 12.2. The van der Waals surface area contributed by atoms with Gasteiger partial charge in [0.1, 0.15) is 0 Å². The van der Waals surface area contributed by atoms with Gasteiger partial charge in [0.05, 0.1) is 10.6 Å². The number of nitrogens with one attached hydrogen (secondary N) is 2. The second kappa shape index (κ2) is 7.87. The van der Waals surface area contributed by atoms with E-state index in [0.29, 0.717) is 29.9 Å². The van der Waals surface area contributed by atoms with Gasteiger partial charge in [-0.1, -0.05) is 12.1 Å². The van der Waals surface area contributed by atoms with Crippen molar-refractivity contribution in [3.63, 3.8) is 0 Å². The lowest BCUT2D eigenvalue weighted by Crippen LogP contribution is -2.29. The van der Waals surface area contributed by atoms with Crippen LogP contribution in [0.2, 0.25) is 0 Å². The number of nitrogens with zero attached hydrogens (tertiary/aromatic N) is 2. The van der Waals surface area contributed by atoms with Crippen LogP contribution in [0.5, 0.6) is 0 Å². The zero-order valence-electron chi connectivity index (χ0n) is 15.1. The van der Waals surface area contributed by atoms with E-state index < -0.39 is 16.7 Å². The number of carbonyl (C=O) groups excluding carboxylic acids is 3. The second-order valence-electron chi connectivity index (χ2n) is 6.36. The summed E-state index contributed by atoms with van der Waals surface area (Å²) in [6.45, 7) is 2.27. The number of rotatable bonds is 4. The maximum Gasteiger partial charge on any atom is 0.314 e. The minimum absolute atomic E-state index is 0.0161. The molecule has 1 fully saturated rings. The predicted octanol–water partition coefficient (Wildman–Crippen LogP) is 2.61. The molecule has 3 amide bonds. The first kappa shape index (κ1) is 19.0. The Balaban J connectivity index is 1.70. The fourth-order valence-electron chi connectivity index (χ4n) is 2.90. The molecule has 9 nitrogen and oxygen atoms in total. The van der Waals surface area contributed by atoms with Crippen LogP contribution in [0.3, 0.4) is 0 Å². The third kappa shape index (κ3) is 4.14. The van der Waals surface area contributed by atoms with Crippen LogP contribution in [-0.2, 0) is 14.4 Å². The van der Waals surface area contributed by atoms with Crippen molar-refractivity contribution in [1.82, 2.24) is 0 Å². The summed E-state index contributed by atoms with van der Waals surface area (Å²) in [6, 6.07) is 10.7. The molecule has 0 bridgehead atoms. The first-order chi connectivity index (χ1) is 13.3. The zero-order valence-corrected chi connectivity index (χ0v) is 15.1. The van der Waals surface area contributed by atoms with Gasteiger partial charge in [-0.3, -0.25) is 24.5 Å². The molecule has 2 N–H and O–H groups in total. The van der Waals surface area contributed by atoms with Crippen molar-refractivity contribution in [3.05, 3.63) is 58.1 Å². The smallest absolute Gasteiger partial charge is 0.314 e. The van der Waals surface area contributed by atoms with E-state index >= 15 is 0 Å². The topological polar surface area (TPSA) is 122 Å². The number of non-ortho nitro benzene ring substituents is 1. The third-order valence-corrected chi connectivity index (χ3v) is 4.38. The van der Waals surface area contributed by atoms with Crippen LogP contribution >= 0.6 is 0 Å². The van der Waals surface area contributed by atoms with Crippen molar-refractivity contribution < 1.29 is 19.3 Å². The zero-order chi connectivity index (χ0) is 20.3. The molecule has 0 spiro atoms. The van der Waals surface area contributed by atoms with Gasteiger partial charge in [0.25, 0.3) is 5.69 Å². The fourth-order valence-corrected chi connectivity index (χ4v) is 2.90. The number of benzene rings is 2. The molecule has 1 heterocycles. The minimum Gasteiger partial charge on any atom is -0.318 e. The number of nitro groups is 1. The molecule has 0 aromatic heterocycles. The summed E-state index contributed by atoms with van der Waals surface area (Å²) in [4.78, 5) is 48.2. The van der Waals surface area contributed by atoms with E-state index in [1.807, 2.05) is 0 Å². The molecule has 9 heteroatoms. The van der Waals surface area contributed by atoms with Gasteiger partial charge in [0.15, 0.2) is 0 Å². The lowest BCUT2D eigenvalue weighted by atomic mass is 10.2. The average molecular weight is 382 g/mol. The van der Waals surface area contributed by atoms with Crippen molar-refractivity contribution >= 4 is 40.5 Å². The summed E-state index contributed by atoms with van der Waals surface area (Å²) in [5.74, 6) is -1.86. The normalized spacial score (nSPS) is 13.3. The molecule has 1 aliphatic rings. The fraction of sp³-hybridized carbons (Fsp3) is 0.211. The summed E-state index contributed by atoms with van der Waals surface area (Å²) in [5, 5.41) is 15.7. The Morgan fingerprint density at radius 2 is 1.86 bits per heavy atom. The van der Waals surface area contributed by atoms with Crippen LogP contribution in [0.25, 0.3) is 0 Å². The molecule has 144 valence electrons. The van der Waals surface area contributed by atoms with Gasteiger partial charge in [-0.25, -0.2) is 0 Å². The van der Waals surface area contributed by atoms with Crippen LogP contribution < -0.4 is 15.5 Å². The number of anilines is 3. The lowest BCUT2D eigenvalue weighted by molar-refractivity contribution is -0.384. The van der Waals surface area contributed by atoms with Gasteiger partial charge >= 0.3 is 11.8 Å². The van der Waals surface area contributed by atoms with Crippen molar-refractivity contribution in [3.8, 4) is 0 Å². The second-order valence-corrected chi connectivity index (χ2v) is 6.36. The van der Waals surface area contributed by atoms with Gasteiger partial charge in [0, 0.05) is 36.5 Å². The van der Waals surface area contributed by atoms with Crippen molar-refractivity contribution in [1.29, 1.82) is 0 Å². The van der Waals surface area contributed by atoms with E-state index in [4.69, 9.17) is 0 Å². The molecular weight excluding hydrogens is 364 g/mol. The number of amides is 3. The standard InChI is InChI=1S/C19H18N4O5/c1-12-7-8-15(23(27)28)11-16(12)21-19(26)18(25)20-13-4-2-5-14(10-13)22-9-3-6-17(22)24/h2,4-5,7-8,10-11H,3,6,9H2,1H3,(H,20,25)(H,21,26). The van der Waals surface area contributed by atoms with E-state index in [1.54, 1.807) is 36.1 Å². The number of aryl methyl sites for hydroxylation is 1. The quantitative estimate of drug-likeness (QED) is 0.478. The van der Waals surface area contributed by atoms with Gasteiger partial charge < -0.3 is 15.5 Å². The first-order valence-electron chi connectivity index (χ1n) is 8.63. The molecule has 0 radical (unpaired) electrons. The first-order valence-corrected chi connectivity index (χ1v) is 8.63. The number of nitro benzene ring substituents is 1. The van der Waals surface area contributed by atoms with Gasteiger partial charge in [0.2, 0.25) is 5.91 Å². The summed E-state index contributed by atoms with van der Waals surface area (Å²) in [7, 11) is 0. The summed E-state index contributed by atoms with van der Waals surface area (Å²) < 4.78 is 0. The molecule has 1 saturated heterocycles. The Labute approximate surface area is 160 Å². The van der Waals surface area contributed by atoms with Crippen LogP contribution in [-0.4, -0.2) is 29.2 Å². The highest BCUT2D eigenvalue weighted by Crippen LogP contribution is 2.25. The third-order valence-electron chi connectivity index (χ3n) is 4.38. The molecule has 2 aromatic rings. The molecule has 0 unspecified atom stereocenters. The Bertz CT molecular complexity index is 973. The van der Waals surface area contributed by atoms with Gasteiger partial charge in [-0.2, -0.15) is 0 Å². The molecule has 28 heavy (non-hydrogen) atoms. The molecule has 2 aromatic carbocycles. The van der Waals surface area contributed by atoms with E-state index in [0.717, 1.165) is 6.42 Å². The lowest BCUT2D eigenvalue weighted by Gasteiger charge is -2.16. The van der Waals surface area contributed by atoms with E-state index in [-0.39, 0.29) is 17.3 Å². The highest BCUT2D eigenvalue weighted by Gasteiger charge is 2.22.